The molecule has 0 saturated heterocycles. The SMILES string of the molecule is CCOC(=O)C1=C(C)N=c2s/c(=C\c3ccc(-c4cccc(Cl)c4)o3)c(=O)n2[C@@H]1c1ccc(OC)c(OCC)c1. The smallest absolute Gasteiger partial charge is 0.338 e. The predicted octanol–water partition coefficient (Wildman–Crippen LogP) is 5.12. The van der Waals surface area contributed by atoms with Crippen LogP contribution in [-0.4, -0.2) is 30.9 Å². The van der Waals surface area contributed by atoms with Gasteiger partial charge < -0.3 is 18.6 Å². The number of nitrogens with zero attached hydrogens (tertiary/aromatic N) is 2. The highest BCUT2D eigenvalue weighted by Gasteiger charge is 2.34. The minimum atomic E-state index is -0.777. The van der Waals surface area contributed by atoms with E-state index in [0.717, 1.165) is 5.56 Å². The first-order chi connectivity index (χ1) is 19.3. The number of carbonyl (C=O) groups excluding carboxylic acids is 1. The molecule has 0 spiro atoms. The second-order valence-corrected chi connectivity index (χ2v) is 10.3. The summed E-state index contributed by atoms with van der Waals surface area (Å²) in [5.41, 5.74) is 1.95. The Balaban J connectivity index is 1.66. The van der Waals surface area contributed by atoms with E-state index in [0.29, 0.717) is 55.2 Å². The van der Waals surface area contributed by atoms with E-state index in [1.807, 2.05) is 37.3 Å². The van der Waals surface area contributed by atoms with Gasteiger partial charge >= 0.3 is 5.97 Å². The Hall–Kier alpha value is -4.08. The first kappa shape index (κ1) is 27.5. The van der Waals surface area contributed by atoms with Crippen molar-refractivity contribution in [3.63, 3.8) is 0 Å². The van der Waals surface area contributed by atoms with Gasteiger partial charge in [0.15, 0.2) is 16.3 Å². The number of furan rings is 1. The molecule has 0 N–H and O–H groups in total. The fraction of sp³-hybridized carbons (Fsp3) is 0.233. The molecule has 40 heavy (non-hydrogen) atoms. The molecule has 1 aliphatic rings. The summed E-state index contributed by atoms with van der Waals surface area (Å²) in [5, 5.41) is 0.600. The molecule has 0 radical (unpaired) electrons. The van der Waals surface area contributed by atoms with Gasteiger partial charge in [0.05, 0.1) is 42.2 Å². The van der Waals surface area contributed by atoms with Crippen LogP contribution in [-0.2, 0) is 9.53 Å². The Morgan fingerprint density at radius 2 is 1.95 bits per heavy atom. The maximum atomic E-state index is 13.9. The summed E-state index contributed by atoms with van der Waals surface area (Å²) < 4.78 is 24.5. The molecule has 3 heterocycles. The molecule has 206 valence electrons. The zero-order chi connectivity index (χ0) is 28.4. The van der Waals surface area contributed by atoms with E-state index in [-0.39, 0.29) is 17.7 Å². The van der Waals surface area contributed by atoms with Gasteiger partial charge in [-0.1, -0.05) is 41.1 Å². The molecule has 5 rings (SSSR count). The van der Waals surface area contributed by atoms with E-state index >= 15 is 0 Å². The van der Waals surface area contributed by atoms with Crippen molar-refractivity contribution in [3.8, 4) is 22.8 Å². The van der Waals surface area contributed by atoms with Crippen LogP contribution in [0.1, 0.15) is 38.1 Å². The summed E-state index contributed by atoms with van der Waals surface area (Å²) in [7, 11) is 1.56. The highest BCUT2D eigenvalue weighted by atomic mass is 35.5. The lowest BCUT2D eigenvalue weighted by Gasteiger charge is -2.25. The molecule has 0 saturated carbocycles. The number of ether oxygens (including phenoxy) is 3. The Labute approximate surface area is 239 Å². The number of hydrogen-bond donors (Lipinski definition) is 0. The summed E-state index contributed by atoms with van der Waals surface area (Å²) >= 11 is 7.35. The van der Waals surface area contributed by atoms with Gasteiger partial charge in [0.25, 0.3) is 5.56 Å². The molecule has 0 bridgehead atoms. The quantitative estimate of drug-likeness (QED) is 0.270. The third-order valence-electron chi connectivity index (χ3n) is 6.33. The average molecular weight is 579 g/mol. The van der Waals surface area contributed by atoms with Gasteiger partial charge in [-0.25, -0.2) is 9.79 Å². The molecule has 0 fully saturated rings. The Bertz CT molecular complexity index is 1800. The monoisotopic (exact) mass is 578 g/mol. The van der Waals surface area contributed by atoms with Gasteiger partial charge in [-0.3, -0.25) is 9.36 Å². The van der Waals surface area contributed by atoms with Crippen molar-refractivity contribution < 1.29 is 23.4 Å². The summed E-state index contributed by atoms with van der Waals surface area (Å²) in [6.45, 7) is 5.96. The van der Waals surface area contributed by atoms with E-state index < -0.39 is 12.0 Å². The first-order valence-electron chi connectivity index (χ1n) is 12.7. The zero-order valence-corrected chi connectivity index (χ0v) is 24.0. The lowest BCUT2D eigenvalue weighted by atomic mass is 9.95. The van der Waals surface area contributed by atoms with Crippen molar-refractivity contribution in [2.75, 3.05) is 20.3 Å². The fourth-order valence-corrected chi connectivity index (χ4v) is 5.81. The maximum absolute atomic E-state index is 13.9. The van der Waals surface area contributed by atoms with Crippen LogP contribution in [0.2, 0.25) is 5.02 Å². The number of aromatic nitrogens is 1. The number of carbonyl (C=O) groups is 1. The third-order valence-corrected chi connectivity index (χ3v) is 7.55. The number of rotatable bonds is 8. The zero-order valence-electron chi connectivity index (χ0n) is 22.4. The molecule has 2 aromatic heterocycles. The van der Waals surface area contributed by atoms with Crippen molar-refractivity contribution in [2.45, 2.75) is 26.8 Å². The fourth-order valence-electron chi connectivity index (χ4n) is 4.60. The van der Waals surface area contributed by atoms with Gasteiger partial charge in [0.2, 0.25) is 0 Å². The average Bonchev–Trinajstić information content (AvgIpc) is 3.52. The topological polar surface area (TPSA) is 92.3 Å². The summed E-state index contributed by atoms with van der Waals surface area (Å²) in [6.07, 6.45) is 1.68. The van der Waals surface area contributed by atoms with Crippen LogP contribution in [0.25, 0.3) is 17.4 Å². The van der Waals surface area contributed by atoms with Gasteiger partial charge in [-0.2, -0.15) is 0 Å². The number of benzene rings is 2. The van der Waals surface area contributed by atoms with E-state index in [1.54, 1.807) is 51.3 Å². The molecular formula is C30H27ClN2O6S. The van der Waals surface area contributed by atoms with Crippen LogP contribution < -0.4 is 24.4 Å². The van der Waals surface area contributed by atoms with Crippen LogP contribution in [0, 0.1) is 0 Å². The normalized spacial score (nSPS) is 15.0. The molecular weight excluding hydrogens is 552 g/mol. The molecule has 8 nitrogen and oxygen atoms in total. The largest absolute Gasteiger partial charge is 0.493 e. The molecule has 0 unspecified atom stereocenters. The lowest BCUT2D eigenvalue weighted by molar-refractivity contribution is -0.139. The van der Waals surface area contributed by atoms with Crippen molar-refractivity contribution in [3.05, 3.63) is 102 Å². The van der Waals surface area contributed by atoms with Crippen molar-refractivity contribution in [2.24, 2.45) is 4.99 Å². The van der Waals surface area contributed by atoms with Crippen LogP contribution in [0.15, 0.2) is 80.1 Å². The van der Waals surface area contributed by atoms with Gasteiger partial charge in [-0.15, -0.1) is 0 Å². The highest BCUT2D eigenvalue weighted by Crippen LogP contribution is 2.36. The first-order valence-corrected chi connectivity index (χ1v) is 13.9. The second kappa shape index (κ2) is 11.6. The van der Waals surface area contributed by atoms with Crippen LogP contribution in [0.5, 0.6) is 11.5 Å². The Kier molecular flexibility index (Phi) is 7.95. The summed E-state index contributed by atoms with van der Waals surface area (Å²) in [6, 6.07) is 15.5. The molecule has 1 aliphatic heterocycles. The predicted molar refractivity (Wildman–Crippen MR) is 154 cm³/mol. The van der Waals surface area contributed by atoms with Gasteiger partial charge in [0, 0.05) is 16.7 Å². The second-order valence-electron chi connectivity index (χ2n) is 8.86. The van der Waals surface area contributed by atoms with Crippen LogP contribution in [0.4, 0.5) is 0 Å². The highest BCUT2D eigenvalue weighted by molar-refractivity contribution is 7.07. The van der Waals surface area contributed by atoms with E-state index in [2.05, 4.69) is 4.99 Å². The maximum Gasteiger partial charge on any atom is 0.338 e. The number of halogens is 1. The number of fused-ring (bicyclic) bond motifs is 1. The molecule has 0 aliphatic carbocycles. The summed E-state index contributed by atoms with van der Waals surface area (Å²) in [4.78, 5) is 32.1. The van der Waals surface area contributed by atoms with E-state index in [4.69, 9.17) is 30.2 Å². The van der Waals surface area contributed by atoms with E-state index in [9.17, 15) is 9.59 Å². The van der Waals surface area contributed by atoms with Crippen molar-refractivity contribution in [1.82, 2.24) is 4.57 Å². The van der Waals surface area contributed by atoms with Crippen molar-refractivity contribution >= 4 is 35.0 Å². The lowest BCUT2D eigenvalue weighted by Crippen LogP contribution is -2.39. The number of esters is 1. The molecule has 4 aromatic rings. The van der Waals surface area contributed by atoms with Crippen molar-refractivity contribution in [1.29, 1.82) is 0 Å². The number of allylic oxidation sites excluding steroid dienone is 1. The minimum absolute atomic E-state index is 0.188. The van der Waals surface area contributed by atoms with Gasteiger partial charge in [-0.05, 0) is 62.7 Å². The number of hydrogen-bond acceptors (Lipinski definition) is 8. The van der Waals surface area contributed by atoms with Gasteiger partial charge in [0.1, 0.15) is 11.5 Å². The van der Waals surface area contributed by atoms with E-state index in [1.165, 1.54) is 15.9 Å². The summed E-state index contributed by atoms with van der Waals surface area (Å²) in [5.74, 6) is 1.65. The van der Waals surface area contributed by atoms with Crippen LogP contribution >= 0.6 is 22.9 Å². The molecule has 0 amide bonds. The Morgan fingerprint density at radius 1 is 1.12 bits per heavy atom. The van der Waals surface area contributed by atoms with Crippen LogP contribution in [0.3, 0.4) is 0 Å². The molecule has 2 aromatic carbocycles. The molecule has 10 heteroatoms. The molecule has 1 atom stereocenters. The number of thiazole rings is 1. The Morgan fingerprint density at radius 3 is 2.67 bits per heavy atom. The standard InChI is InChI=1S/C30H27ClN2O6S/c1-5-37-24-15-19(10-12-23(24)36-4)27-26(29(35)38-6-2)17(3)32-30-33(27)28(34)25(40-30)16-21-11-13-22(39-21)18-8-7-9-20(31)14-18/h7-16,27H,5-6H2,1-4H3/b25-16-/t27-/m1/s1. The third kappa shape index (κ3) is 5.22. The number of methoxy groups -OCH3 is 1. The minimum Gasteiger partial charge on any atom is -0.493 e.